The maximum absolute atomic E-state index is 12.8. The first-order valence-corrected chi connectivity index (χ1v) is 9.13. The van der Waals surface area contributed by atoms with Crippen LogP contribution in [0.1, 0.15) is 20.3 Å². The minimum atomic E-state index is -4.03. The lowest BCUT2D eigenvalue weighted by Gasteiger charge is -2.12. The Labute approximate surface area is 150 Å². The number of esters is 1. The summed E-state index contributed by atoms with van der Waals surface area (Å²) in [7, 11) is -4.03. The van der Waals surface area contributed by atoms with Crippen LogP contribution in [-0.4, -0.2) is 45.5 Å². The number of sulfonamides is 1. The Bertz CT molecular complexity index is 751. The van der Waals surface area contributed by atoms with Gasteiger partial charge in [-0.1, -0.05) is 6.92 Å². The fourth-order valence-electron chi connectivity index (χ4n) is 1.57. The molecule has 11 heteroatoms. The van der Waals surface area contributed by atoms with Crippen LogP contribution in [0.2, 0.25) is 0 Å². The fraction of sp³-hybridized carbons (Fsp3) is 0.400. The second kappa shape index (κ2) is 9.82. The van der Waals surface area contributed by atoms with Gasteiger partial charge in [-0.2, -0.15) is 4.72 Å². The molecule has 26 heavy (non-hydrogen) atoms. The molecule has 0 aromatic heterocycles. The summed E-state index contributed by atoms with van der Waals surface area (Å²) in [5, 5.41) is 4.45. The molecule has 3 N–H and O–H groups in total. The summed E-state index contributed by atoms with van der Waals surface area (Å²) in [6.45, 7) is 2.12. The topological polar surface area (TPSA) is 131 Å². The molecule has 1 rings (SSSR count). The predicted octanol–water partition coefficient (Wildman–Crippen LogP) is 0.272. The number of carbonyl (C=O) groups excluding carboxylic acids is 3. The second-order valence-corrected chi connectivity index (χ2v) is 7.04. The largest absolute Gasteiger partial charge is 0.455 e. The molecule has 1 atom stereocenters. The number of benzene rings is 1. The van der Waals surface area contributed by atoms with Crippen LogP contribution in [0, 0.1) is 5.82 Å². The summed E-state index contributed by atoms with van der Waals surface area (Å²) < 4.78 is 43.1. The average Bonchev–Trinajstić information content (AvgIpc) is 2.58. The number of carbonyl (C=O) groups is 3. The molecule has 0 fully saturated rings. The molecule has 0 aliphatic carbocycles. The van der Waals surface area contributed by atoms with Crippen molar-refractivity contribution >= 4 is 27.9 Å². The van der Waals surface area contributed by atoms with Crippen molar-refractivity contribution in [2.45, 2.75) is 31.2 Å². The van der Waals surface area contributed by atoms with Crippen molar-refractivity contribution in [1.82, 2.24) is 15.4 Å². The Morgan fingerprint density at radius 1 is 1.19 bits per heavy atom. The van der Waals surface area contributed by atoms with Gasteiger partial charge in [-0.3, -0.25) is 14.9 Å². The van der Waals surface area contributed by atoms with Crippen LogP contribution in [-0.2, 0) is 24.3 Å². The Hall–Kier alpha value is -2.53. The molecule has 3 amide bonds. The van der Waals surface area contributed by atoms with E-state index in [0.29, 0.717) is 6.42 Å². The van der Waals surface area contributed by atoms with E-state index in [1.807, 2.05) is 17.0 Å². The summed E-state index contributed by atoms with van der Waals surface area (Å²) in [5.74, 6) is -2.49. The van der Waals surface area contributed by atoms with E-state index in [1.54, 1.807) is 6.92 Å². The van der Waals surface area contributed by atoms with E-state index in [1.165, 1.54) is 0 Å². The number of hydrogen-bond donors (Lipinski definition) is 3. The maximum atomic E-state index is 12.8. The molecule has 0 bridgehead atoms. The molecule has 0 saturated heterocycles. The molecule has 0 spiro atoms. The van der Waals surface area contributed by atoms with E-state index in [4.69, 9.17) is 0 Å². The molecule has 0 unspecified atom stereocenters. The first kappa shape index (κ1) is 21.5. The number of amides is 3. The van der Waals surface area contributed by atoms with Crippen molar-refractivity contribution in [3.63, 3.8) is 0 Å². The minimum Gasteiger partial charge on any atom is -0.455 e. The fourth-order valence-corrected chi connectivity index (χ4v) is 2.54. The smallest absolute Gasteiger partial charge is 0.321 e. The van der Waals surface area contributed by atoms with Crippen LogP contribution >= 0.6 is 0 Å². The van der Waals surface area contributed by atoms with E-state index in [0.717, 1.165) is 24.3 Å². The molecule has 144 valence electrons. The highest BCUT2D eigenvalue weighted by Crippen LogP contribution is 2.09. The highest BCUT2D eigenvalue weighted by Gasteiger charge is 2.17. The van der Waals surface area contributed by atoms with Gasteiger partial charge >= 0.3 is 12.0 Å². The Balaban J connectivity index is 2.39. The lowest BCUT2D eigenvalue weighted by Crippen LogP contribution is -2.45. The molecule has 0 aliphatic rings. The zero-order chi connectivity index (χ0) is 19.7. The van der Waals surface area contributed by atoms with Gasteiger partial charge in [0, 0.05) is 6.04 Å². The molecule has 9 nitrogen and oxygen atoms in total. The van der Waals surface area contributed by atoms with Gasteiger partial charge in [0.15, 0.2) is 6.61 Å². The Morgan fingerprint density at radius 3 is 2.38 bits per heavy atom. The van der Waals surface area contributed by atoms with Gasteiger partial charge in [0.1, 0.15) is 12.4 Å². The van der Waals surface area contributed by atoms with E-state index >= 15 is 0 Å². The van der Waals surface area contributed by atoms with Crippen LogP contribution in [0.3, 0.4) is 0 Å². The monoisotopic (exact) mass is 389 g/mol. The van der Waals surface area contributed by atoms with Crippen molar-refractivity contribution in [2.75, 3.05) is 13.2 Å². The summed E-state index contributed by atoms with van der Waals surface area (Å²) in [6.07, 6.45) is 0.671. The van der Waals surface area contributed by atoms with Crippen molar-refractivity contribution in [2.24, 2.45) is 0 Å². The van der Waals surface area contributed by atoms with Gasteiger partial charge in [0.2, 0.25) is 10.0 Å². The third-order valence-electron chi connectivity index (χ3n) is 3.14. The van der Waals surface area contributed by atoms with Crippen LogP contribution in [0.25, 0.3) is 0 Å². The van der Waals surface area contributed by atoms with Crippen molar-refractivity contribution in [3.05, 3.63) is 30.1 Å². The summed E-state index contributed by atoms with van der Waals surface area (Å²) in [4.78, 5) is 34.1. The van der Waals surface area contributed by atoms with Gasteiger partial charge in [-0.15, -0.1) is 0 Å². The molecule has 0 saturated carbocycles. The van der Waals surface area contributed by atoms with Crippen LogP contribution in [0.5, 0.6) is 0 Å². The standard InChI is InChI=1S/C15H20FN3O6S/c1-3-10(2)18-15(22)19-13(20)9-25-14(21)8-17-26(23,24)12-6-4-11(16)5-7-12/h4-7,10,17H,3,8-9H2,1-2H3,(H2,18,19,20,22)/t10-/m1/s1. The molecule has 1 aromatic rings. The van der Waals surface area contributed by atoms with Crippen LogP contribution in [0.15, 0.2) is 29.2 Å². The number of halogens is 1. The summed E-state index contributed by atoms with van der Waals surface area (Å²) >= 11 is 0. The normalized spacial score (nSPS) is 12.1. The Morgan fingerprint density at radius 2 is 1.81 bits per heavy atom. The predicted molar refractivity (Wildman–Crippen MR) is 89.0 cm³/mol. The highest BCUT2D eigenvalue weighted by atomic mass is 32.2. The van der Waals surface area contributed by atoms with Gasteiger partial charge in [-0.05, 0) is 37.6 Å². The summed E-state index contributed by atoms with van der Waals surface area (Å²) in [6, 6.07) is 3.13. The molecular formula is C15H20FN3O6S. The third-order valence-corrected chi connectivity index (χ3v) is 4.55. The second-order valence-electron chi connectivity index (χ2n) is 5.27. The first-order valence-electron chi connectivity index (χ1n) is 7.65. The van der Waals surface area contributed by atoms with Crippen LogP contribution in [0.4, 0.5) is 9.18 Å². The van der Waals surface area contributed by atoms with E-state index < -0.39 is 46.9 Å². The van der Waals surface area contributed by atoms with E-state index in [9.17, 15) is 27.2 Å². The maximum Gasteiger partial charge on any atom is 0.321 e. The number of hydrogen-bond acceptors (Lipinski definition) is 6. The zero-order valence-electron chi connectivity index (χ0n) is 14.2. The molecule has 0 aliphatic heterocycles. The summed E-state index contributed by atoms with van der Waals surface area (Å²) in [5.41, 5.74) is 0. The molecule has 0 radical (unpaired) electrons. The number of imide groups is 1. The molecule has 0 heterocycles. The van der Waals surface area contributed by atoms with Gasteiger partial charge < -0.3 is 10.1 Å². The quantitative estimate of drug-likeness (QED) is 0.547. The number of rotatable bonds is 8. The van der Waals surface area contributed by atoms with Crippen LogP contribution < -0.4 is 15.4 Å². The SMILES string of the molecule is CC[C@@H](C)NC(=O)NC(=O)COC(=O)CNS(=O)(=O)c1ccc(F)cc1. The zero-order valence-corrected chi connectivity index (χ0v) is 15.1. The van der Waals surface area contributed by atoms with E-state index in [2.05, 4.69) is 10.1 Å². The number of ether oxygens (including phenoxy) is 1. The molecular weight excluding hydrogens is 369 g/mol. The van der Waals surface area contributed by atoms with E-state index in [-0.39, 0.29) is 10.9 Å². The van der Waals surface area contributed by atoms with Gasteiger partial charge in [0.25, 0.3) is 5.91 Å². The lowest BCUT2D eigenvalue weighted by molar-refractivity contribution is -0.147. The van der Waals surface area contributed by atoms with Gasteiger partial charge in [-0.25, -0.2) is 17.6 Å². The molecule has 1 aromatic carbocycles. The van der Waals surface area contributed by atoms with Crippen molar-refractivity contribution in [1.29, 1.82) is 0 Å². The highest BCUT2D eigenvalue weighted by molar-refractivity contribution is 7.89. The van der Waals surface area contributed by atoms with Gasteiger partial charge in [0.05, 0.1) is 4.90 Å². The number of nitrogens with one attached hydrogen (secondary N) is 3. The number of urea groups is 1. The Kier molecular flexibility index (Phi) is 8.13. The van der Waals surface area contributed by atoms with Crippen molar-refractivity contribution < 1.29 is 31.9 Å². The average molecular weight is 389 g/mol. The third kappa shape index (κ3) is 7.57. The first-order chi connectivity index (χ1) is 12.1. The minimum absolute atomic E-state index is 0.133. The lowest BCUT2D eigenvalue weighted by atomic mass is 10.3. The van der Waals surface area contributed by atoms with Crippen molar-refractivity contribution in [3.8, 4) is 0 Å².